The summed E-state index contributed by atoms with van der Waals surface area (Å²) < 4.78 is 38.9. The van der Waals surface area contributed by atoms with E-state index in [1.807, 2.05) is 13.8 Å². The Labute approximate surface area is 197 Å². The number of halogens is 3. The van der Waals surface area contributed by atoms with E-state index < -0.39 is 17.7 Å². The molecule has 0 aromatic heterocycles. The Morgan fingerprint density at radius 1 is 1.15 bits per heavy atom. The van der Waals surface area contributed by atoms with E-state index in [9.17, 15) is 22.8 Å². The summed E-state index contributed by atoms with van der Waals surface area (Å²) >= 11 is 0. The average Bonchev–Trinajstić information content (AvgIpc) is 2.95. The first kappa shape index (κ1) is 25.3. The summed E-state index contributed by atoms with van der Waals surface area (Å²) in [5.41, 5.74) is 7.35. The number of nitrogens with two attached hydrogens (primary N) is 1. The van der Waals surface area contributed by atoms with Crippen molar-refractivity contribution >= 4 is 29.4 Å². The number of nitrogens with one attached hydrogen (secondary N) is 1. The van der Waals surface area contributed by atoms with Crippen LogP contribution < -0.4 is 11.1 Å². The second-order valence-corrected chi connectivity index (χ2v) is 8.33. The van der Waals surface area contributed by atoms with Crippen molar-refractivity contribution in [3.8, 4) is 0 Å². The first-order chi connectivity index (χ1) is 16.1. The molecule has 182 valence electrons. The molecular formula is C25H29F3N4O2. The van der Waals surface area contributed by atoms with Crippen molar-refractivity contribution in [3.05, 3.63) is 58.3 Å². The molecule has 1 aliphatic heterocycles. The standard InChI is InChI=1S/C25H29F3N4O2/c1-3-10-32(11-4-2)24(34)18-12-16-8-9-17(13-21(16)31-22(29)14-18)23(33)30-20-7-5-6-19(15-20)25(26,27)28/h6,8-9,12-13,15H,3-5,7,10-11,14H2,1-2H3,(H2,29,31)(H,30,33). The van der Waals surface area contributed by atoms with Gasteiger partial charge in [-0.1, -0.05) is 26.0 Å². The normalized spacial score (nSPS) is 15.8. The van der Waals surface area contributed by atoms with E-state index >= 15 is 0 Å². The van der Waals surface area contributed by atoms with E-state index in [0.717, 1.165) is 25.0 Å². The number of nitrogens with zero attached hydrogens (tertiary/aromatic N) is 2. The van der Waals surface area contributed by atoms with Gasteiger partial charge in [0.05, 0.1) is 11.3 Å². The molecule has 0 spiro atoms. The van der Waals surface area contributed by atoms with Gasteiger partial charge in [0.2, 0.25) is 5.91 Å². The lowest BCUT2D eigenvalue weighted by atomic mass is 10.0. The van der Waals surface area contributed by atoms with Crippen LogP contribution >= 0.6 is 0 Å². The van der Waals surface area contributed by atoms with Crippen molar-refractivity contribution in [2.45, 2.75) is 52.1 Å². The van der Waals surface area contributed by atoms with E-state index in [-0.39, 0.29) is 35.8 Å². The van der Waals surface area contributed by atoms with Crippen molar-refractivity contribution in [1.82, 2.24) is 10.2 Å². The highest BCUT2D eigenvalue weighted by Crippen LogP contribution is 2.32. The van der Waals surface area contributed by atoms with Gasteiger partial charge < -0.3 is 16.0 Å². The second-order valence-electron chi connectivity index (χ2n) is 8.33. The lowest BCUT2D eigenvalue weighted by molar-refractivity contribution is -0.127. The molecule has 0 bridgehead atoms. The van der Waals surface area contributed by atoms with Crippen molar-refractivity contribution in [2.75, 3.05) is 13.1 Å². The Hall–Kier alpha value is -3.36. The number of rotatable bonds is 7. The molecule has 3 rings (SSSR count). The van der Waals surface area contributed by atoms with Crippen LogP contribution in [0.15, 0.2) is 52.2 Å². The van der Waals surface area contributed by atoms with Gasteiger partial charge in [-0.05, 0) is 50.0 Å². The highest BCUT2D eigenvalue weighted by Gasteiger charge is 2.33. The predicted molar refractivity (Wildman–Crippen MR) is 126 cm³/mol. The Bertz CT molecular complexity index is 1080. The van der Waals surface area contributed by atoms with Gasteiger partial charge in [0.1, 0.15) is 5.84 Å². The molecule has 0 unspecified atom stereocenters. The van der Waals surface area contributed by atoms with Gasteiger partial charge >= 0.3 is 6.18 Å². The molecule has 0 saturated carbocycles. The van der Waals surface area contributed by atoms with E-state index in [1.165, 1.54) is 6.07 Å². The van der Waals surface area contributed by atoms with Gasteiger partial charge in [-0.3, -0.25) is 9.59 Å². The number of aliphatic imine (C=N–C) groups is 1. The lowest BCUT2D eigenvalue weighted by Crippen LogP contribution is -2.34. The molecule has 1 aliphatic carbocycles. The van der Waals surface area contributed by atoms with Gasteiger partial charge in [0.15, 0.2) is 0 Å². The number of carbonyl (C=O) groups is 2. The van der Waals surface area contributed by atoms with E-state index in [1.54, 1.807) is 23.1 Å². The molecule has 9 heteroatoms. The average molecular weight is 475 g/mol. The number of amidine groups is 1. The Kier molecular flexibility index (Phi) is 7.96. The molecule has 6 nitrogen and oxygen atoms in total. The number of allylic oxidation sites excluding steroid dienone is 4. The van der Waals surface area contributed by atoms with Crippen LogP contribution in [0.4, 0.5) is 18.9 Å². The fraction of sp³-hybridized carbons (Fsp3) is 0.400. The molecule has 34 heavy (non-hydrogen) atoms. The summed E-state index contributed by atoms with van der Waals surface area (Å²) in [6.45, 7) is 5.32. The van der Waals surface area contributed by atoms with Gasteiger partial charge in [-0.2, -0.15) is 13.2 Å². The number of fused-ring (bicyclic) bond motifs is 1. The number of hydrogen-bond donors (Lipinski definition) is 2. The Balaban J connectivity index is 1.84. The summed E-state index contributed by atoms with van der Waals surface area (Å²) in [7, 11) is 0. The molecule has 0 fully saturated rings. The van der Waals surface area contributed by atoms with Crippen LogP contribution in [0, 0.1) is 0 Å². The van der Waals surface area contributed by atoms with Crippen LogP contribution in [0.1, 0.15) is 61.9 Å². The third-order valence-electron chi connectivity index (χ3n) is 5.52. The number of amides is 2. The molecule has 1 aromatic carbocycles. The molecule has 0 atom stereocenters. The summed E-state index contributed by atoms with van der Waals surface area (Å²) in [6.07, 6.45) is 1.73. The molecule has 0 saturated heterocycles. The number of benzene rings is 1. The van der Waals surface area contributed by atoms with Crippen LogP contribution in [0.2, 0.25) is 0 Å². The van der Waals surface area contributed by atoms with Crippen LogP contribution in [0.3, 0.4) is 0 Å². The van der Waals surface area contributed by atoms with Gasteiger partial charge in [0.25, 0.3) is 5.91 Å². The van der Waals surface area contributed by atoms with Gasteiger partial charge in [-0.15, -0.1) is 0 Å². The molecule has 0 radical (unpaired) electrons. The SMILES string of the molecule is CCCN(CCC)C(=O)C1=Cc2ccc(C(=O)NC3=CC(C(F)(F)F)=CCC3)cc2N=C(N)C1. The number of hydrogen-bond acceptors (Lipinski definition) is 4. The van der Waals surface area contributed by atoms with Crippen LogP contribution in [0.5, 0.6) is 0 Å². The third-order valence-corrected chi connectivity index (χ3v) is 5.52. The minimum atomic E-state index is -4.46. The molecular weight excluding hydrogens is 445 g/mol. The maximum absolute atomic E-state index is 13.1. The monoisotopic (exact) mass is 474 g/mol. The molecule has 1 aromatic rings. The summed E-state index contributed by atoms with van der Waals surface area (Å²) in [5.74, 6) is -0.374. The van der Waals surface area contributed by atoms with E-state index in [4.69, 9.17) is 5.73 Å². The minimum Gasteiger partial charge on any atom is -0.387 e. The molecule has 2 amide bonds. The van der Waals surface area contributed by atoms with Crippen molar-refractivity contribution in [3.63, 3.8) is 0 Å². The summed E-state index contributed by atoms with van der Waals surface area (Å²) in [5, 5.41) is 2.57. The maximum atomic E-state index is 13.1. The zero-order valence-corrected chi connectivity index (χ0v) is 19.3. The predicted octanol–water partition coefficient (Wildman–Crippen LogP) is 5.01. The van der Waals surface area contributed by atoms with Gasteiger partial charge in [-0.25, -0.2) is 4.99 Å². The van der Waals surface area contributed by atoms with Crippen molar-refractivity contribution in [2.24, 2.45) is 10.7 Å². The van der Waals surface area contributed by atoms with Crippen molar-refractivity contribution < 1.29 is 22.8 Å². The number of carbonyl (C=O) groups excluding carboxylic acids is 2. The highest BCUT2D eigenvalue weighted by atomic mass is 19.4. The number of alkyl halides is 3. The molecule has 2 aliphatic rings. The van der Waals surface area contributed by atoms with E-state index in [0.29, 0.717) is 36.3 Å². The maximum Gasteiger partial charge on any atom is 0.416 e. The van der Waals surface area contributed by atoms with Crippen LogP contribution in [0.25, 0.3) is 6.08 Å². The fourth-order valence-electron chi connectivity index (χ4n) is 3.94. The Morgan fingerprint density at radius 2 is 1.85 bits per heavy atom. The smallest absolute Gasteiger partial charge is 0.387 e. The van der Waals surface area contributed by atoms with Crippen LogP contribution in [-0.2, 0) is 4.79 Å². The lowest BCUT2D eigenvalue weighted by Gasteiger charge is -2.22. The quantitative estimate of drug-likeness (QED) is 0.583. The molecule has 3 N–H and O–H groups in total. The zero-order chi connectivity index (χ0) is 24.9. The van der Waals surface area contributed by atoms with Crippen molar-refractivity contribution in [1.29, 1.82) is 0 Å². The summed E-state index contributed by atoms with van der Waals surface area (Å²) in [6, 6.07) is 4.75. The minimum absolute atomic E-state index is 0.0886. The fourth-order valence-corrected chi connectivity index (χ4v) is 3.94. The van der Waals surface area contributed by atoms with Crippen LogP contribution in [-0.4, -0.2) is 41.8 Å². The van der Waals surface area contributed by atoms with Gasteiger partial charge in [0, 0.05) is 41.9 Å². The van der Waals surface area contributed by atoms with E-state index in [2.05, 4.69) is 10.3 Å². The largest absolute Gasteiger partial charge is 0.416 e. The third kappa shape index (κ3) is 6.15. The Morgan fingerprint density at radius 3 is 2.50 bits per heavy atom. The second kappa shape index (κ2) is 10.7. The zero-order valence-electron chi connectivity index (χ0n) is 19.3. The highest BCUT2D eigenvalue weighted by molar-refractivity contribution is 6.06. The topological polar surface area (TPSA) is 87.8 Å². The first-order valence-electron chi connectivity index (χ1n) is 11.4. The molecule has 1 heterocycles. The first-order valence-corrected chi connectivity index (χ1v) is 11.4. The summed E-state index contributed by atoms with van der Waals surface area (Å²) in [4.78, 5) is 32.0.